The largest absolute Gasteiger partial charge is 0.388 e. The van der Waals surface area contributed by atoms with Crippen LogP contribution in [0.5, 0.6) is 0 Å². The molecule has 0 saturated carbocycles. The van der Waals surface area contributed by atoms with Crippen LogP contribution in [0.2, 0.25) is 0 Å². The van der Waals surface area contributed by atoms with Crippen LogP contribution in [-0.4, -0.2) is 5.11 Å². The lowest BCUT2D eigenvalue weighted by atomic mass is 9.98. The minimum atomic E-state index is -0.375. The van der Waals surface area contributed by atoms with Crippen LogP contribution >= 0.6 is 0 Å². The summed E-state index contributed by atoms with van der Waals surface area (Å²) in [6.45, 7) is 6.24. The lowest BCUT2D eigenvalue weighted by Crippen LogP contribution is -2.00. The van der Waals surface area contributed by atoms with Gasteiger partial charge in [-0.1, -0.05) is 59.2 Å². The Bertz CT molecular complexity index is 520. The van der Waals surface area contributed by atoms with Gasteiger partial charge in [0.05, 0.1) is 6.10 Å². The molecule has 1 unspecified atom stereocenters. The number of aliphatic hydroxyl groups is 1. The maximum atomic E-state index is 10.3. The van der Waals surface area contributed by atoms with Crippen molar-refractivity contribution in [2.45, 2.75) is 39.7 Å². The molecule has 100 valence electrons. The van der Waals surface area contributed by atoms with E-state index in [2.05, 4.69) is 63.2 Å². The van der Waals surface area contributed by atoms with E-state index in [-0.39, 0.29) is 6.10 Å². The van der Waals surface area contributed by atoms with Gasteiger partial charge in [0.2, 0.25) is 0 Å². The third kappa shape index (κ3) is 3.93. The van der Waals surface area contributed by atoms with E-state index in [1.807, 2.05) is 0 Å². The number of rotatable bonds is 4. The van der Waals surface area contributed by atoms with Crippen molar-refractivity contribution in [2.24, 2.45) is 0 Å². The molecule has 1 heteroatoms. The summed E-state index contributed by atoms with van der Waals surface area (Å²) in [4.78, 5) is 0. The third-order valence-corrected chi connectivity index (χ3v) is 3.46. The molecule has 0 aliphatic heterocycles. The highest BCUT2D eigenvalue weighted by molar-refractivity contribution is 5.30. The summed E-state index contributed by atoms with van der Waals surface area (Å²) in [5.41, 5.74) is 6.02. The topological polar surface area (TPSA) is 20.2 Å². The molecule has 1 atom stereocenters. The van der Waals surface area contributed by atoms with E-state index in [1.165, 1.54) is 22.3 Å². The van der Waals surface area contributed by atoms with Gasteiger partial charge < -0.3 is 5.11 Å². The van der Waals surface area contributed by atoms with Crippen molar-refractivity contribution in [3.8, 4) is 0 Å². The highest BCUT2D eigenvalue weighted by atomic mass is 16.3. The van der Waals surface area contributed by atoms with Crippen LogP contribution in [-0.2, 0) is 6.42 Å². The lowest BCUT2D eigenvalue weighted by Gasteiger charge is -2.13. The number of hydrogen-bond donors (Lipinski definition) is 1. The van der Waals surface area contributed by atoms with Crippen molar-refractivity contribution < 1.29 is 5.11 Å². The van der Waals surface area contributed by atoms with Gasteiger partial charge in [0.15, 0.2) is 0 Å². The molecule has 1 N–H and O–H groups in total. The Hall–Kier alpha value is -1.60. The van der Waals surface area contributed by atoms with Crippen LogP contribution in [0, 0.1) is 20.8 Å². The summed E-state index contributed by atoms with van der Waals surface area (Å²) in [5, 5.41) is 10.3. The first-order valence-corrected chi connectivity index (χ1v) is 6.86. The summed E-state index contributed by atoms with van der Waals surface area (Å²) >= 11 is 0. The summed E-state index contributed by atoms with van der Waals surface area (Å²) in [7, 11) is 0. The molecule has 2 rings (SSSR count). The van der Waals surface area contributed by atoms with Gasteiger partial charge >= 0.3 is 0 Å². The van der Waals surface area contributed by atoms with Crippen LogP contribution in [0.4, 0.5) is 0 Å². The predicted molar refractivity (Wildman–Crippen MR) is 80.4 cm³/mol. The molecule has 2 aromatic carbocycles. The standard InChI is InChI=1S/C18H22O/c1-13-4-6-16(7-5-13)8-9-18(19)17-11-14(2)10-15(3)12-17/h4-7,10-12,18-19H,8-9H2,1-3H3. The Morgan fingerprint density at radius 2 is 1.42 bits per heavy atom. The zero-order valence-corrected chi connectivity index (χ0v) is 12.0. The van der Waals surface area contributed by atoms with Gasteiger partial charge in [0.1, 0.15) is 0 Å². The molecule has 0 heterocycles. The number of hydrogen-bond acceptors (Lipinski definition) is 1. The van der Waals surface area contributed by atoms with E-state index in [0.717, 1.165) is 18.4 Å². The molecule has 0 spiro atoms. The van der Waals surface area contributed by atoms with Crippen LogP contribution < -0.4 is 0 Å². The Labute approximate surface area is 115 Å². The Balaban J connectivity index is 2.00. The van der Waals surface area contributed by atoms with Crippen LogP contribution in [0.1, 0.15) is 40.3 Å². The molecule has 1 nitrogen and oxygen atoms in total. The lowest BCUT2D eigenvalue weighted by molar-refractivity contribution is 0.167. The van der Waals surface area contributed by atoms with E-state index >= 15 is 0 Å². The van der Waals surface area contributed by atoms with E-state index < -0.39 is 0 Å². The average molecular weight is 254 g/mol. The maximum Gasteiger partial charge on any atom is 0.0793 e. The normalized spacial score (nSPS) is 12.4. The van der Waals surface area contributed by atoms with Crippen LogP contribution in [0.15, 0.2) is 42.5 Å². The minimum absolute atomic E-state index is 0.375. The zero-order valence-electron chi connectivity index (χ0n) is 12.0. The van der Waals surface area contributed by atoms with Crippen molar-refractivity contribution in [1.29, 1.82) is 0 Å². The number of aliphatic hydroxyl groups excluding tert-OH is 1. The molecule has 0 aliphatic carbocycles. The van der Waals surface area contributed by atoms with Gasteiger partial charge in [0, 0.05) is 0 Å². The summed E-state index contributed by atoms with van der Waals surface area (Å²) in [5.74, 6) is 0. The molecule has 19 heavy (non-hydrogen) atoms. The zero-order chi connectivity index (χ0) is 13.8. The van der Waals surface area contributed by atoms with Gasteiger partial charge in [0.25, 0.3) is 0 Å². The summed E-state index contributed by atoms with van der Waals surface area (Å²) in [6, 6.07) is 14.8. The van der Waals surface area contributed by atoms with Gasteiger partial charge in [-0.25, -0.2) is 0 Å². The fraction of sp³-hybridized carbons (Fsp3) is 0.333. The Morgan fingerprint density at radius 3 is 2.00 bits per heavy atom. The third-order valence-electron chi connectivity index (χ3n) is 3.46. The molecule has 0 fully saturated rings. The molecule has 0 aliphatic rings. The second-order valence-electron chi connectivity index (χ2n) is 5.46. The van der Waals surface area contributed by atoms with Gasteiger partial charge in [-0.05, 0) is 44.7 Å². The first kappa shape index (κ1) is 13.8. The Morgan fingerprint density at radius 1 is 0.842 bits per heavy atom. The fourth-order valence-corrected chi connectivity index (χ4v) is 2.43. The van der Waals surface area contributed by atoms with Crippen LogP contribution in [0.3, 0.4) is 0 Å². The molecule has 2 aromatic rings. The van der Waals surface area contributed by atoms with Gasteiger partial charge in [-0.15, -0.1) is 0 Å². The van der Waals surface area contributed by atoms with E-state index in [0.29, 0.717) is 0 Å². The first-order valence-electron chi connectivity index (χ1n) is 6.86. The van der Waals surface area contributed by atoms with Crippen molar-refractivity contribution in [1.82, 2.24) is 0 Å². The molecular weight excluding hydrogens is 232 g/mol. The summed E-state index contributed by atoms with van der Waals surface area (Å²) in [6.07, 6.45) is 1.31. The molecular formula is C18H22O. The molecule has 0 amide bonds. The predicted octanol–water partition coefficient (Wildman–Crippen LogP) is 4.28. The van der Waals surface area contributed by atoms with Crippen molar-refractivity contribution >= 4 is 0 Å². The monoisotopic (exact) mass is 254 g/mol. The van der Waals surface area contributed by atoms with E-state index in [9.17, 15) is 5.11 Å². The van der Waals surface area contributed by atoms with E-state index in [4.69, 9.17) is 0 Å². The van der Waals surface area contributed by atoms with Gasteiger partial charge in [-0.2, -0.15) is 0 Å². The SMILES string of the molecule is Cc1ccc(CCC(O)c2cc(C)cc(C)c2)cc1. The number of benzene rings is 2. The maximum absolute atomic E-state index is 10.3. The highest BCUT2D eigenvalue weighted by Gasteiger charge is 2.08. The second-order valence-corrected chi connectivity index (χ2v) is 5.46. The minimum Gasteiger partial charge on any atom is -0.388 e. The van der Waals surface area contributed by atoms with E-state index in [1.54, 1.807) is 0 Å². The smallest absolute Gasteiger partial charge is 0.0793 e. The van der Waals surface area contributed by atoms with Crippen molar-refractivity contribution in [3.05, 3.63) is 70.3 Å². The molecule has 0 saturated heterocycles. The van der Waals surface area contributed by atoms with Crippen molar-refractivity contribution in [3.63, 3.8) is 0 Å². The molecule has 0 bridgehead atoms. The fourth-order valence-electron chi connectivity index (χ4n) is 2.43. The second kappa shape index (κ2) is 6.03. The van der Waals surface area contributed by atoms with Crippen LogP contribution in [0.25, 0.3) is 0 Å². The first-order chi connectivity index (χ1) is 9.04. The average Bonchev–Trinajstić information content (AvgIpc) is 2.36. The highest BCUT2D eigenvalue weighted by Crippen LogP contribution is 2.21. The number of aryl methyl sites for hydroxylation is 4. The van der Waals surface area contributed by atoms with Gasteiger partial charge in [-0.3, -0.25) is 0 Å². The molecule has 0 radical (unpaired) electrons. The molecule has 0 aromatic heterocycles. The Kier molecular flexibility index (Phi) is 4.39. The summed E-state index contributed by atoms with van der Waals surface area (Å²) < 4.78 is 0. The quantitative estimate of drug-likeness (QED) is 0.863. The van der Waals surface area contributed by atoms with Crippen molar-refractivity contribution in [2.75, 3.05) is 0 Å².